The first-order valence-electron chi connectivity index (χ1n) is 4.66. The van der Waals surface area contributed by atoms with Gasteiger partial charge < -0.3 is 0 Å². The molecule has 0 heterocycles. The van der Waals surface area contributed by atoms with Crippen LogP contribution in [0.3, 0.4) is 0 Å². The molecule has 0 aromatic heterocycles. The van der Waals surface area contributed by atoms with Crippen molar-refractivity contribution in [3.05, 3.63) is 33.8 Å². The van der Waals surface area contributed by atoms with Crippen molar-refractivity contribution < 1.29 is 0 Å². The molecule has 0 aliphatic heterocycles. The molecule has 1 saturated carbocycles. The molecule has 0 spiro atoms. The molecular formula is C11H11Cl3. The summed E-state index contributed by atoms with van der Waals surface area (Å²) in [6.07, 6.45) is 3.37. The van der Waals surface area contributed by atoms with Crippen molar-refractivity contribution in [2.45, 2.75) is 19.3 Å². The summed E-state index contributed by atoms with van der Waals surface area (Å²) < 4.78 is 0. The monoisotopic (exact) mass is 248 g/mol. The molecule has 0 atom stereocenters. The van der Waals surface area contributed by atoms with E-state index in [1.807, 2.05) is 18.2 Å². The molecule has 1 fully saturated rings. The lowest BCUT2D eigenvalue weighted by Gasteiger charge is -2.12. The summed E-state index contributed by atoms with van der Waals surface area (Å²) in [4.78, 5) is 0. The highest BCUT2D eigenvalue weighted by Crippen LogP contribution is 2.50. The van der Waals surface area contributed by atoms with E-state index in [4.69, 9.17) is 34.8 Å². The molecule has 0 radical (unpaired) electrons. The molecule has 76 valence electrons. The van der Waals surface area contributed by atoms with Crippen LogP contribution in [0.5, 0.6) is 0 Å². The Hall–Kier alpha value is 0.0900. The number of rotatable bonds is 3. The van der Waals surface area contributed by atoms with Crippen molar-refractivity contribution in [2.24, 2.45) is 5.41 Å². The van der Waals surface area contributed by atoms with Gasteiger partial charge >= 0.3 is 0 Å². The largest absolute Gasteiger partial charge is 0.126 e. The lowest BCUT2D eigenvalue weighted by atomic mass is 9.98. The van der Waals surface area contributed by atoms with Crippen LogP contribution >= 0.6 is 34.8 Å². The summed E-state index contributed by atoms with van der Waals surface area (Å²) in [6.45, 7) is 0. The van der Waals surface area contributed by atoms with Gasteiger partial charge in [-0.25, -0.2) is 0 Å². The Morgan fingerprint density at radius 3 is 2.50 bits per heavy atom. The van der Waals surface area contributed by atoms with Gasteiger partial charge in [-0.1, -0.05) is 35.3 Å². The van der Waals surface area contributed by atoms with E-state index in [1.54, 1.807) is 0 Å². The quantitative estimate of drug-likeness (QED) is 0.689. The zero-order valence-corrected chi connectivity index (χ0v) is 9.96. The third-order valence-corrected chi connectivity index (χ3v) is 4.26. The minimum atomic E-state index is 0.301. The highest BCUT2D eigenvalue weighted by atomic mass is 35.5. The molecule has 0 nitrogen and oxygen atoms in total. The number of halogens is 3. The summed E-state index contributed by atoms with van der Waals surface area (Å²) in [6, 6.07) is 5.78. The Bertz CT molecular complexity index is 342. The first-order chi connectivity index (χ1) is 6.67. The summed E-state index contributed by atoms with van der Waals surface area (Å²) in [7, 11) is 0. The first kappa shape index (κ1) is 10.6. The zero-order chi connectivity index (χ0) is 10.2. The lowest BCUT2D eigenvalue weighted by molar-refractivity contribution is 0.578. The van der Waals surface area contributed by atoms with E-state index >= 15 is 0 Å². The van der Waals surface area contributed by atoms with Gasteiger partial charge in [0.15, 0.2) is 0 Å². The Morgan fingerprint density at radius 2 is 1.93 bits per heavy atom. The second-order valence-electron chi connectivity index (χ2n) is 4.02. The molecule has 3 heteroatoms. The van der Waals surface area contributed by atoms with Crippen LogP contribution in [0.4, 0.5) is 0 Å². The molecule has 14 heavy (non-hydrogen) atoms. The summed E-state index contributed by atoms with van der Waals surface area (Å²) in [5, 5.41) is 1.32. The first-order valence-corrected chi connectivity index (χ1v) is 5.95. The van der Waals surface area contributed by atoms with Crippen LogP contribution in [-0.2, 0) is 6.42 Å². The topological polar surface area (TPSA) is 0 Å². The van der Waals surface area contributed by atoms with Gasteiger partial charge in [0.25, 0.3) is 0 Å². The van der Waals surface area contributed by atoms with Crippen molar-refractivity contribution >= 4 is 34.8 Å². The van der Waals surface area contributed by atoms with Gasteiger partial charge in [-0.2, -0.15) is 0 Å². The van der Waals surface area contributed by atoms with Crippen LogP contribution < -0.4 is 0 Å². The minimum absolute atomic E-state index is 0.301. The van der Waals surface area contributed by atoms with E-state index in [0.29, 0.717) is 15.5 Å². The second kappa shape index (κ2) is 3.92. The predicted molar refractivity (Wildman–Crippen MR) is 62.6 cm³/mol. The highest BCUT2D eigenvalue weighted by molar-refractivity contribution is 6.42. The summed E-state index contributed by atoms with van der Waals surface area (Å²) in [5.74, 6) is 0.718. The molecule has 1 aromatic carbocycles. The lowest BCUT2D eigenvalue weighted by Crippen LogP contribution is -2.06. The van der Waals surface area contributed by atoms with Crippen LogP contribution in [0.1, 0.15) is 18.4 Å². The van der Waals surface area contributed by atoms with Crippen molar-refractivity contribution in [3.63, 3.8) is 0 Å². The Balaban J connectivity index is 2.21. The average Bonchev–Trinajstić information content (AvgIpc) is 2.94. The van der Waals surface area contributed by atoms with E-state index in [9.17, 15) is 0 Å². The van der Waals surface area contributed by atoms with Crippen molar-refractivity contribution in [3.8, 4) is 0 Å². The van der Waals surface area contributed by atoms with Crippen molar-refractivity contribution in [2.75, 3.05) is 5.88 Å². The van der Waals surface area contributed by atoms with E-state index < -0.39 is 0 Å². The molecule has 1 aromatic rings. The van der Waals surface area contributed by atoms with E-state index in [1.165, 1.54) is 12.8 Å². The number of hydrogen-bond donors (Lipinski definition) is 0. The van der Waals surface area contributed by atoms with Crippen molar-refractivity contribution in [1.29, 1.82) is 0 Å². The second-order valence-corrected chi connectivity index (χ2v) is 5.08. The minimum Gasteiger partial charge on any atom is -0.126 e. The fourth-order valence-electron chi connectivity index (χ4n) is 1.62. The van der Waals surface area contributed by atoms with Crippen LogP contribution in [0.25, 0.3) is 0 Å². The smallest absolute Gasteiger partial charge is 0.0624 e. The van der Waals surface area contributed by atoms with Crippen LogP contribution in [-0.4, -0.2) is 5.88 Å². The maximum atomic E-state index is 6.11. The fraction of sp³-hybridized carbons (Fsp3) is 0.455. The predicted octanol–water partition coefficient (Wildman–Crippen LogP) is 4.55. The van der Waals surface area contributed by atoms with Gasteiger partial charge in [0, 0.05) is 5.88 Å². The molecule has 2 rings (SSSR count). The number of alkyl halides is 1. The normalized spacial score (nSPS) is 18.2. The maximum absolute atomic E-state index is 6.11. The van der Waals surface area contributed by atoms with Crippen LogP contribution in [0, 0.1) is 5.41 Å². The molecule has 1 aliphatic carbocycles. The van der Waals surface area contributed by atoms with Gasteiger partial charge in [-0.05, 0) is 36.3 Å². The van der Waals surface area contributed by atoms with E-state index in [2.05, 4.69) is 0 Å². The van der Waals surface area contributed by atoms with E-state index in [0.717, 1.165) is 17.9 Å². The summed E-state index contributed by atoms with van der Waals surface area (Å²) >= 11 is 18.0. The van der Waals surface area contributed by atoms with Gasteiger partial charge in [-0.3, -0.25) is 0 Å². The van der Waals surface area contributed by atoms with Crippen LogP contribution in [0.2, 0.25) is 10.0 Å². The Labute approximate surface area is 99.2 Å². The number of hydrogen-bond acceptors (Lipinski definition) is 0. The molecule has 0 amide bonds. The van der Waals surface area contributed by atoms with Gasteiger partial charge in [0.05, 0.1) is 10.0 Å². The third-order valence-electron chi connectivity index (χ3n) is 2.84. The van der Waals surface area contributed by atoms with E-state index in [-0.39, 0.29) is 0 Å². The zero-order valence-electron chi connectivity index (χ0n) is 7.69. The molecular weight excluding hydrogens is 238 g/mol. The van der Waals surface area contributed by atoms with Crippen LogP contribution in [0.15, 0.2) is 18.2 Å². The maximum Gasteiger partial charge on any atom is 0.0624 e. The number of benzene rings is 1. The van der Waals surface area contributed by atoms with Crippen molar-refractivity contribution in [1.82, 2.24) is 0 Å². The van der Waals surface area contributed by atoms with Gasteiger partial charge in [0.2, 0.25) is 0 Å². The van der Waals surface area contributed by atoms with Gasteiger partial charge in [0.1, 0.15) is 0 Å². The average molecular weight is 250 g/mol. The third kappa shape index (κ3) is 2.03. The Kier molecular flexibility index (Phi) is 2.97. The van der Waals surface area contributed by atoms with Gasteiger partial charge in [-0.15, -0.1) is 11.6 Å². The SMILES string of the molecule is ClCC1(Cc2cccc(Cl)c2Cl)CC1. The Morgan fingerprint density at radius 1 is 1.21 bits per heavy atom. The fourth-order valence-corrected chi connectivity index (χ4v) is 2.37. The molecule has 0 unspecified atom stereocenters. The molecule has 0 N–H and O–H groups in total. The molecule has 1 aliphatic rings. The molecule has 0 bridgehead atoms. The standard InChI is InChI=1S/C11H11Cl3/c12-7-11(4-5-11)6-8-2-1-3-9(13)10(8)14/h1-3H,4-7H2. The summed E-state index contributed by atoms with van der Waals surface area (Å²) in [5.41, 5.74) is 1.42. The highest BCUT2D eigenvalue weighted by Gasteiger charge is 2.41. The molecule has 0 saturated heterocycles.